The Morgan fingerprint density at radius 1 is 0.818 bits per heavy atom. The SMILES string of the molecule is Cc1cccc(C[NH+]2CC[NH+](Cc3cccc(Cl)c3)CC2)c1. The highest BCUT2D eigenvalue weighted by Crippen LogP contribution is 2.09. The van der Waals surface area contributed by atoms with Crippen LogP contribution < -0.4 is 9.80 Å². The van der Waals surface area contributed by atoms with Gasteiger partial charge in [0.05, 0.1) is 0 Å². The number of hydrogen-bond donors (Lipinski definition) is 2. The van der Waals surface area contributed by atoms with Crippen LogP contribution in [-0.4, -0.2) is 26.2 Å². The van der Waals surface area contributed by atoms with Crippen molar-refractivity contribution in [2.45, 2.75) is 20.0 Å². The van der Waals surface area contributed by atoms with Gasteiger partial charge in [0.1, 0.15) is 39.3 Å². The van der Waals surface area contributed by atoms with E-state index in [1.807, 2.05) is 6.07 Å². The van der Waals surface area contributed by atoms with Crippen molar-refractivity contribution in [1.29, 1.82) is 0 Å². The van der Waals surface area contributed by atoms with Crippen LogP contribution in [0.25, 0.3) is 0 Å². The molecule has 0 atom stereocenters. The smallest absolute Gasteiger partial charge is 0.127 e. The largest absolute Gasteiger partial charge is 0.322 e. The number of hydrogen-bond acceptors (Lipinski definition) is 0. The van der Waals surface area contributed by atoms with Gasteiger partial charge in [0.15, 0.2) is 0 Å². The van der Waals surface area contributed by atoms with Gasteiger partial charge in [-0.15, -0.1) is 0 Å². The van der Waals surface area contributed by atoms with Crippen LogP contribution in [0.1, 0.15) is 16.7 Å². The summed E-state index contributed by atoms with van der Waals surface area (Å²) in [5, 5.41) is 0.848. The molecule has 0 aromatic heterocycles. The van der Waals surface area contributed by atoms with E-state index in [-0.39, 0.29) is 0 Å². The van der Waals surface area contributed by atoms with E-state index in [2.05, 4.69) is 49.4 Å². The molecular weight excluding hydrogens is 292 g/mol. The Labute approximate surface area is 138 Å². The van der Waals surface area contributed by atoms with Gasteiger partial charge in [-0.3, -0.25) is 0 Å². The Bertz CT molecular complexity index is 563. The summed E-state index contributed by atoms with van der Waals surface area (Å²) in [5.74, 6) is 0. The van der Waals surface area contributed by atoms with Crippen molar-refractivity contribution in [3.63, 3.8) is 0 Å². The zero-order valence-electron chi connectivity index (χ0n) is 13.2. The van der Waals surface area contributed by atoms with Crippen molar-refractivity contribution in [2.75, 3.05) is 26.2 Å². The van der Waals surface area contributed by atoms with Crippen molar-refractivity contribution in [3.8, 4) is 0 Å². The van der Waals surface area contributed by atoms with Gasteiger partial charge in [-0.1, -0.05) is 53.6 Å². The van der Waals surface area contributed by atoms with Crippen LogP contribution in [-0.2, 0) is 13.1 Å². The minimum atomic E-state index is 0.848. The first-order valence-corrected chi connectivity index (χ1v) is 8.54. The number of piperazine rings is 1. The van der Waals surface area contributed by atoms with Crippen LogP contribution in [0.5, 0.6) is 0 Å². The molecule has 116 valence electrons. The number of aryl methyl sites for hydroxylation is 1. The van der Waals surface area contributed by atoms with Gasteiger partial charge in [0.2, 0.25) is 0 Å². The van der Waals surface area contributed by atoms with Crippen LogP contribution in [0.4, 0.5) is 0 Å². The summed E-state index contributed by atoms with van der Waals surface area (Å²) < 4.78 is 0. The van der Waals surface area contributed by atoms with Gasteiger partial charge in [-0.2, -0.15) is 0 Å². The maximum atomic E-state index is 6.08. The summed E-state index contributed by atoms with van der Waals surface area (Å²) in [5.41, 5.74) is 4.18. The van der Waals surface area contributed by atoms with E-state index >= 15 is 0 Å². The first kappa shape index (κ1) is 15.5. The maximum Gasteiger partial charge on any atom is 0.127 e. The summed E-state index contributed by atoms with van der Waals surface area (Å²) in [6, 6.07) is 17.2. The van der Waals surface area contributed by atoms with Gasteiger partial charge in [0, 0.05) is 16.1 Å². The van der Waals surface area contributed by atoms with Gasteiger partial charge in [-0.05, 0) is 19.1 Å². The van der Waals surface area contributed by atoms with Crippen molar-refractivity contribution < 1.29 is 9.80 Å². The molecule has 0 saturated carbocycles. The highest BCUT2D eigenvalue weighted by atomic mass is 35.5. The van der Waals surface area contributed by atoms with Gasteiger partial charge in [0.25, 0.3) is 0 Å². The molecule has 0 amide bonds. The Kier molecular flexibility index (Phi) is 5.14. The van der Waals surface area contributed by atoms with E-state index < -0.39 is 0 Å². The topological polar surface area (TPSA) is 8.88 Å². The summed E-state index contributed by atoms with van der Waals surface area (Å²) >= 11 is 6.08. The molecule has 0 bridgehead atoms. The molecule has 0 radical (unpaired) electrons. The van der Waals surface area contributed by atoms with Crippen LogP contribution in [0.3, 0.4) is 0 Å². The fourth-order valence-electron chi connectivity index (χ4n) is 3.36. The normalized spacial score (nSPS) is 21.7. The first-order chi connectivity index (χ1) is 10.7. The van der Waals surface area contributed by atoms with E-state index in [9.17, 15) is 0 Å². The second-order valence-corrected chi connectivity index (χ2v) is 6.91. The third-order valence-corrected chi connectivity index (χ3v) is 4.78. The number of rotatable bonds is 4. The fraction of sp³-hybridized carbons (Fsp3) is 0.368. The third-order valence-electron chi connectivity index (χ3n) is 4.54. The fourth-order valence-corrected chi connectivity index (χ4v) is 3.57. The van der Waals surface area contributed by atoms with Gasteiger partial charge >= 0.3 is 0 Å². The van der Waals surface area contributed by atoms with E-state index in [0.717, 1.165) is 18.1 Å². The van der Waals surface area contributed by atoms with Gasteiger partial charge < -0.3 is 9.80 Å². The van der Waals surface area contributed by atoms with E-state index in [0.29, 0.717) is 0 Å². The van der Waals surface area contributed by atoms with E-state index in [1.165, 1.54) is 42.9 Å². The molecule has 2 aromatic rings. The number of benzene rings is 2. The van der Waals surface area contributed by atoms with Crippen molar-refractivity contribution in [1.82, 2.24) is 0 Å². The Morgan fingerprint density at radius 2 is 1.36 bits per heavy atom. The Hall–Kier alpha value is -1.35. The van der Waals surface area contributed by atoms with Crippen LogP contribution >= 0.6 is 11.6 Å². The van der Waals surface area contributed by atoms with E-state index in [4.69, 9.17) is 11.6 Å². The minimum absolute atomic E-state index is 0.848. The lowest BCUT2D eigenvalue weighted by molar-refractivity contribution is -1.02. The molecule has 1 fully saturated rings. The van der Waals surface area contributed by atoms with Crippen LogP contribution in [0, 0.1) is 6.92 Å². The number of halogens is 1. The minimum Gasteiger partial charge on any atom is -0.322 e. The second-order valence-electron chi connectivity index (χ2n) is 6.47. The summed E-state index contributed by atoms with van der Waals surface area (Å²) in [6.07, 6.45) is 0. The predicted molar refractivity (Wildman–Crippen MR) is 91.4 cm³/mol. The molecule has 2 nitrogen and oxygen atoms in total. The quantitative estimate of drug-likeness (QED) is 0.837. The lowest BCUT2D eigenvalue weighted by atomic mass is 10.1. The molecule has 3 heteroatoms. The van der Waals surface area contributed by atoms with E-state index in [1.54, 1.807) is 9.80 Å². The number of quaternary nitrogens is 2. The Balaban J connectivity index is 1.50. The standard InChI is InChI=1S/C19H23ClN2/c1-16-4-2-5-17(12-16)14-21-8-10-22(11-9-21)15-18-6-3-7-19(20)13-18/h2-7,12-13H,8-11,14-15H2,1H3/p+2. The average molecular weight is 317 g/mol. The molecule has 2 aromatic carbocycles. The average Bonchev–Trinajstić information content (AvgIpc) is 2.49. The summed E-state index contributed by atoms with van der Waals surface area (Å²) in [4.78, 5) is 3.38. The molecule has 1 aliphatic rings. The molecule has 2 N–H and O–H groups in total. The third kappa shape index (κ3) is 4.33. The van der Waals surface area contributed by atoms with Gasteiger partial charge in [-0.25, -0.2) is 0 Å². The van der Waals surface area contributed by atoms with Crippen molar-refractivity contribution in [2.24, 2.45) is 0 Å². The molecule has 1 saturated heterocycles. The van der Waals surface area contributed by atoms with Crippen molar-refractivity contribution in [3.05, 3.63) is 70.2 Å². The highest BCUT2D eigenvalue weighted by molar-refractivity contribution is 6.30. The molecule has 1 heterocycles. The predicted octanol–water partition coefficient (Wildman–Crippen LogP) is 1.13. The molecular formula is C19H25ClN2+2. The lowest BCUT2D eigenvalue weighted by Gasteiger charge is -2.30. The molecule has 0 unspecified atom stereocenters. The van der Waals surface area contributed by atoms with Crippen molar-refractivity contribution >= 4 is 11.6 Å². The molecule has 1 aliphatic heterocycles. The first-order valence-electron chi connectivity index (χ1n) is 8.16. The molecule has 0 spiro atoms. The second kappa shape index (κ2) is 7.28. The van der Waals surface area contributed by atoms with Crippen LogP contribution in [0.15, 0.2) is 48.5 Å². The highest BCUT2D eigenvalue weighted by Gasteiger charge is 2.23. The Morgan fingerprint density at radius 3 is 1.91 bits per heavy atom. The van der Waals surface area contributed by atoms with Crippen LogP contribution in [0.2, 0.25) is 5.02 Å². The molecule has 3 rings (SSSR count). The zero-order valence-corrected chi connectivity index (χ0v) is 14.0. The maximum absolute atomic E-state index is 6.08. The summed E-state index contributed by atoms with van der Waals surface area (Å²) in [6.45, 7) is 9.42. The molecule has 22 heavy (non-hydrogen) atoms. The zero-order chi connectivity index (χ0) is 15.4. The summed E-state index contributed by atoms with van der Waals surface area (Å²) in [7, 11) is 0. The molecule has 0 aliphatic carbocycles. The number of nitrogens with one attached hydrogen (secondary N) is 2. The monoisotopic (exact) mass is 316 g/mol. The lowest BCUT2D eigenvalue weighted by Crippen LogP contribution is -3.27.